The van der Waals surface area contributed by atoms with E-state index in [9.17, 15) is 4.79 Å². The average molecular weight is 205 g/mol. The Hall–Kier alpha value is -1.51. The molecule has 0 unspecified atom stereocenters. The Bertz CT molecular complexity index is 372. The summed E-state index contributed by atoms with van der Waals surface area (Å²) in [5, 5.41) is 0. The number of ether oxygens (including phenoxy) is 1. The van der Waals surface area contributed by atoms with Gasteiger partial charge >= 0.3 is 0 Å². The van der Waals surface area contributed by atoms with Crippen LogP contribution in [0.4, 0.5) is 0 Å². The smallest absolute Gasteiger partial charge is 0.253 e. The van der Waals surface area contributed by atoms with Crippen molar-refractivity contribution in [3.05, 3.63) is 29.8 Å². The van der Waals surface area contributed by atoms with Crippen LogP contribution in [-0.4, -0.2) is 31.0 Å². The van der Waals surface area contributed by atoms with Crippen LogP contribution in [0.25, 0.3) is 0 Å². The number of benzene rings is 1. The zero-order chi connectivity index (χ0) is 10.8. The van der Waals surface area contributed by atoms with Crippen LogP contribution in [-0.2, 0) is 0 Å². The molecule has 0 N–H and O–H groups in total. The highest BCUT2D eigenvalue weighted by molar-refractivity contribution is 5.94. The minimum atomic E-state index is 0.0800. The van der Waals surface area contributed by atoms with Gasteiger partial charge in [0.25, 0.3) is 5.91 Å². The van der Waals surface area contributed by atoms with Gasteiger partial charge in [0.15, 0.2) is 0 Å². The monoisotopic (exact) mass is 205 g/mol. The fourth-order valence-corrected chi connectivity index (χ4v) is 1.59. The number of amides is 1. The second-order valence-corrected chi connectivity index (χ2v) is 3.88. The summed E-state index contributed by atoms with van der Waals surface area (Å²) < 4.78 is 5.09. The number of rotatable bonds is 3. The van der Waals surface area contributed by atoms with Gasteiger partial charge in [0.1, 0.15) is 5.75 Å². The molecule has 1 amide bonds. The topological polar surface area (TPSA) is 29.5 Å². The van der Waals surface area contributed by atoms with E-state index >= 15 is 0 Å². The van der Waals surface area contributed by atoms with Crippen molar-refractivity contribution in [1.82, 2.24) is 4.90 Å². The van der Waals surface area contributed by atoms with Crippen molar-refractivity contribution in [3.63, 3.8) is 0 Å². The van der Waals surface area contributed by atoms with Crippen molar-refractivity contribution in [2.45, 2.75) is 18.9 Å². The Balaban J connectivity index is 2.16. The number of carbonyl (C=O) groups is 1. The molecule has 15 heavy (non-hydrogen) atoms. The third-order valence-electron chi connectivity index (χ3n) is 2.73. The van der Waals surface area contributed by atoms with Crippen LogP contribution in [0.2, 0.25) is 0 Å². The van der Waals surface area contributed by atoms with Crippen molar-refractivity contribution in [2.24, 2.45) is 0 Å². The van der Waals surface area contributed by atoms with E-state index in [0.29, 0.717) is 11.6 Å². The molecular formula is C12H15NO2. The second kappa shape index (κ2) is 3.93. The molecule has 1 saturated carbocycles. The summed E-state index contributed by atoms with van der Waals surface area (Å²) in [5.41, 5.74) is 0.698. The SMILES string of the molecule is COc1cccc(C(=O)N(C)C2CC2)c1. The Morgan fingerprint density at radius 1 is 1.47 bits per heavy atom. The molecule has 2 rings (SSSR count). The maximum absolute atomic E-state index is 12.0. The van der Waals surface area contributed by atoms with Crippen LogP contribution in [0, 0.1) is 0 Å². The lowest BCUT2D eigenvalue weighted by Crippen LogP contribution is -2.28. The largest absolute Gasteiger partial charge is 0.497 e. The summed E-state index contributed by atoms with van der Waals surface area (Å²) >= 11 is 0. The highest BCUT2D eigenvalue weighted by Crippen LogP contribution is 2.27. The lowest BCUT2D eigenvalue weighted by Gasteiger charge is -2.16. The molecule has 0 heterocycles. The van der Waals surface area contributed by atoms with Crippen LogP contribution in [0.15, 0.2) is 24.3 Å². The van der Waals surface area contributed by atoms with E-state index in [-0.39, 0.29) is 5.91 Å². The highest BCUT2D eigenvalue weighted by Gasteiger charge is 2.30. The minimum absolute atomic E-state index is 0.0800. The number of nitrogens with zero attached hydrogens (tertiary/aromatic N) is 1. The first-order valence-corrected chi connectivity index (χ1v) is 5.13. The van der Waals surface area contributed by atoms with Crippen LogP contribution >= 0.6 is 0 Å². The predicted octanol–water partition coefficient (Wildman–Crippen LogP) is 1.93. The van der Waals surface area contributed by atoms with Crippen molar-refractivity contribution in [1.29, 1.82) is 0 Å². The molecule has 3 nitrogen and oxygen atoms in total. The van der Waals surface area contributed by atoms with E-state index in [1.165, 1.54) is 0 Å². The maximum atomic E-state index is 12.0. The Morgan fingerprint density at radius 3 is 2.80 bits per heavy atom. The average Bonchev–Trinajstić information content (AvgIpc) is 3.11. The first-order valence-electron chi connectivity index (χ1n) is 5.13. The zero-order valence-electron chi connectivity index (χ0n) is 9.06. The van der Waals surface area contributed by atoms with E-state index in [0.717, 1.165) is 18.6 Å². The fourth-order valence-electron chi connectivity index (χ4n) is 1.59. The molecule has 1 aromatic carbocycles. The summed E-state index contributed by atoms with van der Waals surface area (Å²) in [5.74, 6) is 0.807. The molecule has 80 valence electrons. The molecular weight excluding hydrogens is 190 g/mol. The highest BCUT2D eigenvalue weighted by atomic mass is 16.5. The standard InChI is InChI=1S/C12H15NO2/c1-13(10-6-7-10)12(14)9-4-3-5-11(8-9)15-2/h3-5,8,10H,6-7H2,1-2H3. The predicted molar refractivity (Wildman–Crippen MR) is 58.1 cm³/mol. The van der Waals surface area contributed by atoms with Gasteiger partial charge in [0.2, 0.25) is 0 Å². The zero-order valence-corrected chi connectivity index (χ0v) is 9.06. The van der Waals surface area contributed by atoms with Crippen molar-refractivity contribution < 1.29 is 9.53 Å². The van der Waals surface area contributed by atoms with Gasteiger partial charge < -0.3 is 9.64 Å². The third kappa shape index (κ3) is 2.12. The number of hydrogen-bond acceptors (Lipinski definition) is 2. The van der Waals surface area contributed by atoms with Crippen LogP contribution in [0.1, 0.15) is 23.2 Å². The van der Waals surface area contributed by atoms with Crippen LogP contribution in [0.3, 0.4) is 0 Å². The van der Waals surface area contributed by atoms with Gasteiger partial charge in [-0.15, -0.1) is 0 Å². The third-order valence-corrected chi connectivity index (χ3v) is 2.73. The maximum Gasteiger partial charge on any atom is 0.253 e. The molecule has 0 spiro atoms. The quantitative estimate of drug-likeness (QED) is 0.754. The van der Waals surface area contributed by atoms with Gasteiger partial charge in [-0.05, 0) is 31.0 Å². The van der Waals surface area contributed by atoms with Crippen molar-refractivity contribution in [2.75, 3.05) is 14.2 Å². The normalized spacial score (nSPS) is 14.8. The first-order chi connectivity index (χ1) is 7.22. The van der Waals surface area contributed by atoms with Gasteiger partial charge in [-0.2, -0.15) is 0 Å². The van der Waals surface area contributed by atoms with Gasteiger partial charge in [0.05, 0.1) is 7.11 Å². The van der Waals surface area contributed by atoms with Gasteiger partial charge in [-0.3, -0.25) is 4.79 Å². The van der Waals surface area contributed by atoms with E-state index in [1.807, 2.05) is 30.1 Å². The fraction of sp³-hybridized carbons (Fsp3) is 0.417. The summed E-state index contributed by atoms with van der Waals surface area (Å²) in [4.78, 5) is 13.8. The van der Waals surface area contributed by atoms with E-state index in [2.05, 4.69) is 0 Å². The molecule has 0 aromatic heterocycles. The van der Waals surface area contributed by atoms with E-state index < -0.39 is 0 Å². The molecule has 3 heteroatoms. The molecule has 1 aromatic rings. The summed E-state index contributed by atoms with van der Waals surface area (Å²) in [6, 6.07) is 7.73. The molecule has 0 bridgehead atoms. The number of hydrogen-bond donors (Lipinski definition) is 0. The Morgan fingerprint density at radius 2 is 2.20 bits per heavy atom. The second-order valence-electron chi connectivity index (χ2n) is 3.88. The minimum Gasteiger partial charge on any atom is -0.497 e. The van der Waals surface area contributed by atoms with E-state index in [1.54, 1.807) is 13.2 Å². The number of methoxy groups -OCH3 is 1. The lowest BCUT2D eigenvalue weighted by atomic mass is 10.2. The number of carbonyl (C=O) groups excluding carboxylic acids is 1. The first kappa shape index (κ1) is 10.0. The summed E-state index contributed by atoms with van der Waals surface area (Å²) in [7, 11) is 3.47. The lowest BCUT2D eigenvalue weighted by molar-refractivity contribution is 0.0784. The molecule has 1 aliphatic rings. The van der Waals surface area contributed by atoms with Crippen LogP contribution in [0.5, 0.6) is 5.75 Å². The van der Waals surface area contributed by atoms with E-state index in [4.69, 9.17) is 4.74 Å². The summed E-state index contributed by atoms with van der Waals surface area (Å²) in [6.45, 7) is 0. The summed E-state index contributed by atoms with van der Waals surface area (Å²) in [6.07, 6.45) is 2.26. The van der Waals surface area contributed by atoms with Crippen molar-refractivity contribution >= 4 is 5.91 Å². The molecule has 0 aliphatic heterocycles. The molecule has 0 atom stereocenters. The van der Waals surface area contributed by atoms with Gasteiger partial charge in [-0.25, -0.2) is 0 Å². The molecule has 1 fully saturated rings. The molecule has 0 radical (unpaired) electrons. The van der Waals surface area contributed by atoms with Crippen LogP contribution < -0.4 is 4.74 Å². The Kier molecular flexibility index (Phi) is 2.62. The molecule has 0 saturated heterocycles. The molecule has 1 aliphatic carbocycles. The Labute approximate surface area is 89.7 Å². The van der Waals surface area contributed by atoms with Gasteiger partial charge in [-0.1, -0.05) is 6.07 Å². The van der Waals surface area contributed by atoms with Gasteiger partial charge in [0, 0.05) is 18.7 Å². The van der Waals surface area contributed by atoms with Crippen molar-refractivity contribution in [3.8, 4) is 5.75 Å².